The molecule has 0 spiro atoms. The van der Waals surface area contributed by atoms with Gasteiger partial charge < -0.3 is 18.6 Å². The van der Waals surface area contributed by atoms with Gasteiger partial charge >= 0.3 is 5.97 Å². The lowest BCUT2D eigenvalue weighted by atomic mass is 10.2. The zero-order valence-corrected chi connectivity index (χ0v) is 16.7. The Kier molecular flexibility index (Phi) is 6.32. The summed E-state index contributed by atoms with van der Waals surface area (Å²) in [6.45, 7) is 0.106. The molecule has 0 bridgehead atoms. The minimum Gasteiger partial charge on any atom is -0.493 e. The Balaban J connectivity index is 1.67. The Bertz CT molecular complexity index is 924. The highest BCUT2D eigenvalue weighted by Gasteiger charge is 2.26. The van der Waals surface area contributed by atoms with Gasteiger partial charge in [0.15, 0.2) is 15.8 Å². The van der Waals surface area contributed by atoms with Crippen LogP contribution in [0.2, 0.25) is 0 Å². The van der Waals surface area contributed by atoms with Crippen LogP contribution in [0.1, 0.15) is 21.9 Å². The molecule has 0 aliphatic carbocycles. The Morgan fingerprint density at radius 2 is 2.14 bits per heavy atom. The van der Waals surface area contributed by atoms with Crippen molar-refractivity contribution in [3.63, 3.8) is 0 Å². The van der Waals surface area contributed by atoms with Gasteiger partial charge in [-0.05, 0) is 35.9 Å². The molecule has 1 aromatic heterocycles. The molecule has 0 saturated carbocycles. The van der Waals surface area contributed by atoms with Crippen LogP contribution in [0.3, 0.4) is 0 Å². The summed E-state index contributed by atoms with van der Waals surface area (Å²) >= 11 is 6.36. The summed E-state index contributed by atoms with van der Waals surface area (Å²) in [5.74, 6) is 1.13. The summed E-state index contributed by atoms with van der Waals surface area (Å²) in [6, 6.07) is 8.35. The van der Waals surface area contributed by atoms with Crippen LogP contribution in [0, 0.1) is 0 Å². The van der Waals surface area contributed by atoms with E-state index in [4.69, 9.17) is 26.1 Å². The summed E-state index contributed by atoms with van der Waals surface area (Å²) < 4.78 is 21.4. The second-order valence-electron chi connectivity index (χ2n) is 5.46. The number of esters is 1. The number of ether oxygens (including phenoxy) is 3. The number of carbonyl (C=O) groups is 2. The standard InChI is InChI=1S/C18H16N2O6S2/c1-23-15-7-11(8-19-20-16(21)10-28-18(20)27)3-5-13(15)25-9-12-4-6-14(26-12)17(22)24-2/h3-8H,9-10H2,1-2H3. The first-order valence-electron chi connectivity index (χ1n) is 8.03. The number of thioether (sulfide) groups is 1. The number of hydrazone groups is 1. The van der Waals surface area contributed by atoms with Crippen LogP contribution >= 0.6 is 24.0 Å². The molecule has 0 unspecified atom stereocenters. The first-order chi connectivity index (χ1) is 13.5. The summed E-state index contributed by atoms with van der Waals surface area (Å²) in [7, 11) is 2.80. The van der Waals surface area contributed by atoms with E-state index in [2.05, 4.69) is 9.84 Å². The van der Waals surface area contributed by atoms with Gasteiger partial charge in [-0.3, -0.25) is 4.79 Å². The van der Waals surface area contributed by atoms with E-state index in [0.29, 0.717) is 32.9 Å². The maximum atomic E-state index is 11.7. The first kappa shape index (κ1) is 19.9. The summed E-state index contributed by atoms with van der Waals surface area (Å²) in [5, 5.41) is 5.32. The van der Waals surface area contributed by atoms with Crippen molar-refractivity contribution in [1.29, 1.82) is 0 Å². The minimum atomic E-state index is -0.554. The van der Waals surface area contributed by atoms with E-state index in [1.165, 1.54) is 43.3 Å². The smallest absolute Gasteiger partial charge is 0.373 e. The predicted octanol–water partition coefficient (Wildman–Crippen LogP) is 2.85. The summed E-state index contributed by atoms with van der Waals surface area (Å²) in [6.07, 6.45) is 1.53. The molecule has 1 aliphatic rings. The normalized spacial score (nSPS) is 14.0. The van der Waals surface area contributed by atoms with Crippen molar-refractivity contribution in [3.8, 4) is 11.5 Å². The molecule has 2 aromatic rings. The van der Waals surface area contributed by atoms with Crippen molar-refractivity contribution in [2.45, 2.75) is 6.61 Å². The van der Waals surface area contributed by atoms with Crippen molar-refractivity contribution in [2.75, 3.05) is 20.0 Å². The van der Waals surface area contributed by atoms with E-state index < -0.39 is 5.97 Å². The molecule has 2 heterocycles. The van der Waals surface area contributed by atoms with E-state index in [1.807, 2.05) is 0 Å². The molecule has 0 radical (unpaired) electrons. The lowest BCUT2D eigenvalue weighted by molar-refractivity contribution is -0.124. The molecule has 0 N–H and O–H groups in total. The number of furan rings is 1. The fourth-order valence-corrected chi connectivity index (χ4v) is 3.25. The maximum Gasteiger partial charge on any atom is 0.373 e. The topological polar surface area (TPSA) is 90.6 Å². The van der Waals surface area contributed by atoms with Crippen molar-refractivity contribution in [2.24, 2.45) is 5.10 Å². The lowest BCUT2D eigenvalue weighted by Gasteiger charge is -2.11. The van der Waals surface area contributed by atoms with Gasteiger partial charge in [0.05, 0.1) is 26.2 Å². The van der Waals surface area contributed by atoms with E-state index in [9.17, 15) is 9.59 Å². The minimum absolute atomic E-state index is 0.104. The van der Waals surface area contributed by atoms with Gasteiger partial charge in [0.25, 0.3) is 5.91 Å². The number of hydrogen-bond acceptors (Lipinski definition) is 9. The first-order valence-corrected chi connectivity index (χ1v) is 9.42. The van der Waals surface area contributed by atoms with Crippen LogP contribution in [0.15, 0.2) is 39.9 Å². The molecule has 1 aliphatic heterocycles. The van der Waals surface area contributed by atoms with E-state index in [0.717, 1.165) is 0 Å². The van der Waals surface area contributed by atoms with E-state index in [1.54, 1.807) is 24.3 Å². The molecular formula is C18H16N2O6S2. The Morgan fingerprint density at radius 3 is 2.82 bits per heavy atom. The highest BCUT2D eigenvalue weighted by molar-refractivity contribution is 8.23. The number of carbonyl (C=O) groups excluding carboxylic acids is 2. The largest absolute Gasteiger partial charge is 0.493 e. The van der Waals surface area contributed by atoms with Crippen LogP contribution in [-0.4, -0.2) is 47.4 Å². The van der Waals surface area contributed by atoms with Crippen molar-refractivity contribution in [1.82, 2.24) is 5.01 Å². The lowest BCUT2D eigenvalue weighted by Crippen LogP contribution is -2.22. The third kappa shape index (κ3) is 4.52. The number of amides is 1. The van der Waals surface area contributed by atoms with Gasteiger partial charge in [0, 0.05) is 0 Å². The maximum absolute atomic E-state index is 11.7. The van der Waals surface area contributed by atoms with E-state index >= 15 is 0 Å². The highest BCUT2D eigenvalue weighted by atomic mass is 32.2. The third-order valence-electron chi connectivity index (χ3n) is 3.66. The number of rotatable bonds is 7. The summed E-state index contributed by atoms with van der Waals surface area (Å²) in [4.78, 5) is 23.1. The molecule has 10 heteroatoms. The average Bonchev–Trinajstić information content (AvgIpc) is 3.31. The number of methoxy groups -OCH3 is 2. The molecule has 1 aromatic carbocycles. The number of hydrogen-bond donors (Lipinski definition) is 0. The van der Waals surface area contributed by atoms with Crippen LogP contribution in [-0.2, 0) is 16.1 Å². The predicted molar refractivity (Wildman–Crippen MR) is 107 cm³/mol. The molecule has 1 fully saturated rings. The second-order valence-corrected chi connectivity index (χ2v) is 7.07. The fourth-order valence-electron chi connectivity index (χ4n) is 2.28. The van der Waals surface area contributed by atoms with Gasteiger partial charge in [-0.15, -0.1) is 0 Å². The van der Waals surface area contributed by atoms with Gasteiger partial charge in [0.1, 0.15) is 12.4 Å². The van der Waals surface area contributed by atoms with Crippen LogP contribution < -0.4 is 9.47 Å². The average molecular weight is 420 g/mol. The van der Waals surface area contributed by atoms with E-state index in [-0.39, 0.29) is 18.3 Å². The Morgan fingerprint density at radius 1 is 1.32 bits per heavy atom. The van der Waals surface area contributed by atoms with Crippen molar-refractivity contribution >= 4 is 46.4 Å². The van der Waals surface area contributed by atoms with Crippen molar-refractivity contribution in [3.05, 3.63) is 47.4 Å². The molecule has 3 rings (SSSR count). The molecular weight excluding hydrogens is 404 g/mol. The zero-order valence-electron chi connectivity index (χ0n) is 15.0. The summed E-state index contributed by atoms with van der Waals surface area (Å²) in [5.41, 5.74) is 0.711. The van der Waals surface area contributed by atoms with Gasteiger partial charge in [-0.1, -0.05) is 24.0 Å². The Labute approximate surface area is 170 Å². The quantitative estimate of drug-likeness (QED) is 0.384. The number of benzene rings is 1. The second kappa shape index (κ2) is 8.89. The van der Waals surface area contributed by atoms with Gasteiger partial charge in [-0.25, -0.2) is 4.79 Å². The van der Waals surface area contributed by atoms with Crippen LogP contribution in [0.4, 0.5) is 0 Å². The zero-order chi connectivity index (χ0) is 20.1. The van der Waals surface area contributed by atoms with Crippen molar-refractivity contribution < 1.29 is 28.2 Å². The monoisotopic (exact) mass is 420 g/mol. The molecule has 8 nitrogen and oxygen atoms in total. The fraction of sp³-hybridized carbons (Fsp3) is 0.222. The SMILES string of the molecule is COC(=O)c1ccc(COc2ccc(C=NN3C(=O)CSC3=S)cc2OC)o1. The molecule has 1 amide bonds. The van der Waals surface area contributed by atoms with Gasteiger partial charge in [0.2, 0.25) is 5.76 Å². The van der Waals surface area contributed by atoms with Crippen LogP contribution in [0.5, 0.6) is 11.5 Å². The third-order valence-corrected chi connectivity index (χ3v) is 4.99. The molecule has 0 atom stereocenters. The number of thiocarbonyl (C=S) groups is 1. The molecule has 1 saturated heterocycles. The highest BCUT2D eigenvalue weighted by Crippen LogP contribution is 2.29. The number of nitrogens with zero attached hydrogens (tertiary/aromatic N) is 2. The molecule has 146 valence electrons. The molecule has 28 heavy (non-hydrogen) atoms. The Hall–Kier alpha value is -2.85. The van der Waals surface area contributed by atoms with Gasteiger partial charge in [-0.2, -0.15) is 10.1 Å². The van der Waals surface area contributed by atoms with Crippen LogP contribution in [0.25, 0.3) is 0 Å².